The van der Waals surface area contributed by atoms with E-state index in [9.17, 15) is 0 Å². The van der Waals surface area contributed by atoms with Gasteiger partial charge in [-0.15, -0.1) is 0 Å². The molecular weight excluding hydrogens is 613 g/mol. The molecule has 7 rings (SSSR count). The van der Waals surface area contributed by atoms with E-state index in [1.807, 2.05) is 0 Å². The topological polar surface area (TPSA) is 0 Å². The van der Waals surface area contributed by atoms with E-state index in [-0.39, 0.29) is 5.41 Å². The quantitative estimate of drug-likeness (QED) is 0.298. The summed E-state index contributed by atoms with van der Waals surface area (Å²) in [6.07, 6.45) is 2.06. The molecule has 268 valence electrons. The Labute approximate surface area is 311 Å². The van der Waals surface area contributed by atoms with Gasteiger partial charge in [0, 0.05) is 23.7 Å². The highest BCUT2D eigenvalue weighted by molar-refractivity contribution is 5.92. The maximum Gasteiger partial charge on any atom is 0.00759 e. The van der Waals surface area contributed by atoms with Crippen LogP contribution in [-0.4, -0.2) is 0 Å². The molecule has 0 spiro atoms. The molecule has 0 saturated heterocycles. The van der Waals surface area contributed by atoms with Crippen molar-refractivity contribution in [3.05, 3.63) is 136 Å². The summed E-state index contributed by atoms with van der Waals surface area (Å²) in [5.41, 5.74) is 36.3. The van der Waals surface area contributed by atoms with Crippen LogP contribution in [0, 0.1) is 11.8 Å². The molecule has 0 aliphatic heterocycles. The van der Waals surface area contributed by atoms with Crippen LogP contribution in [0.4, 0.5) is 0 Å². The lowest BCUT2D eigenvalue weighted by Gasteiger charge is -2.33. The largest absolute Gasteiger partial charge is 0.0946 e. The van der Waals surface area contributed by atoms with Gasteiger partial charge in [-0.2, -0.15) is 0 Å². The molecule has 1 aromatic carbocycles. The predicted molar refractivity (Wildman–Crippen MR) is 223 cm³/mol. The Morgan fingerprint density at radius 1 is 0.529 bits per heavy atom. The normalized spacial score (nSPS) is 26.8. The van der Waals surface area contributed by atoms with Crippen LogP contribution in [-0.2, 0) is 5.41 Å². The number of benzene rings is 1. The Morgan fingerprint density at radius 2 is 1.00 bits per heavy atom. The molecule has 0 bridgehead atoms. The third-order valence-electron chi connectivity index (χ3n) is 14.9. The van der Waals surface area contributed by atoms with Crippen LogP contribution in [0.3, 0.4) is 0 Å². The monoisotopic (exact) mass is 677 g/mol. The first-order chi connectivity index (χ1) is 23.7. The summed E-state index contributed by atoms with van der Waals surface area (Å²) >= 11 is 0. The summed E-state index contributed by atoms with van der Waals surface area (Å²) < 4.78 is 0. The standard InChI is InChI=1S/C51H64/c1-22(2)40-44-29(9)25(5)30(10)48(44)50(51(17,18)19)49-36(16)41(35(15)47(40)49)38-21-39(28(8)27(38)7)43-32(12)34(14)45-42(31(11)33(13)46(43)45)37-20-23(3)24(4)26(37)6/h22,30-32,35H,13-14,20-21H2,1-12,15-19H3. The van der Waals surface area contributed by atoms with Crippen LogP contribution in [0.5, 0.6) is 0 Å². The van der Waals surface area contributed by atoms with Crippen molar-refractivity contribution in [2.75, 3.05) is 0 Å². The molecule has 0 nitrogen and oxygen atoms in total. The average molecular weight is 677 g/mol. The maximum absolute atomic E-state index is 4.83. The SMILES string of the molecule is C=C1C2=C(C3=C(C)C(C)=C(C4=C(C)c5c(c(C(C)C)c6c(c5C(C)(C)C)C(C)C(C)=C6C)C4C)C3)C(C)C(=C)C2=C(C2=C(C)C(C)=C(C)C2)C1C. The molecule has 0 saturated carbocycles. The van der Waals surface area contributed by atoms with E-state index < -0.39 is 0 Å². The summed E-state index contributed by atoms with van der Waals surface area (Å²) in [4.78, 5) is 0. The van der Waals surface area contributed by atoms with Gasteiger partial charge in [-0.05, 0) is 202 Å². The van der Waals surface area contributed by atoms with Crippen LogP contribution < -0.4 is 0 Å². The van der Waals surface area contributed by atoms with E-state index in [1.165, 1.54) is 83.6 Å². The lowest BCUT2D eigenvalue weighted by atomic mass is 9.71. The zero-order valence-corrected chi connectivity index (χ0v) is 35.2. The van der Waals surface area contributed by atoms with Gasteiger partial charge in [0.2, 0.25) is 0 Å². The van der Waals surface area contributed by atoms with E-state index in [4.69, 9.17) is 13.2 Å². The summed E-state index contributed by atoms with van der Waals surface area (Å²) in [5, 5.41) is 0. The second kappa shape index (κ2) is 11.6. The van der Waals surface area contributed by atoms with Crippen LogP contribution in [0.25, 0.3) is 11.1 Å². The summed E-state index contributed by atoms with van der Waals surface area (Å²) in [5.74, 6) is 1.89. The van der Waals surface area contributed by atoms with Crippen molar-refractivity contribution < 1.29 is 0 Å². The molecule has 0 radical (unpaired) electrons. The molecule has 0 N–H and O–H groups in total. The van der Waals surface area contributed by atoms with Gasteiger partial charge < -0.3 is 0 Å². The van der Waals surface area contributed by atoms with Crippen molar-refractivity contribution in [3.8, 4) is 0 Å². The Morgan fingerprint density at radius 3 is 1.45 bits per heavy atom. The fraction of sp³-hybridized carbons (Fsp3) is 0.490. The summed E-state index contributed by atoms with van der Waals surface area (Å²) in [6.45, 7) is 50.7. The van der Waals surface area contributed by atoms with Crippen LogP contribution in [0.15, 0.2) is 102 Å². The van der Waals surface area contributed by atoms with Crippen LogP contribution >= 0.6 is 0 Å². The molecule has 4 unspecified atom stereocenters. The molecular formula is C51H64. The highest BCUT2D eigenvalue weighted by Crippen LogP contribution is 2.62. The van der Waals surface area contributed by atoms with Gasteiger partial charge in [0.05, 0.1) is 0 Å². The number of allylic oxidation sites excluding steroid dienone is 18. The Bertz CT molecular complexity index is 2180. The van der Waals surface area contributed by atoms with Gasteiger partial charge in [0.1, 0.15) is 0 Å². The van der Waals surface area contributed by atoms with Gasteiger partial charge in [-0.1, -0.05) is 86.6 Å². The molecule has 0 amide bonds. The molecule has 6 aliphatic rings. The number of rotatable bonds is 4. The molecule has 1 aromatic rings. The summed E-state index contributed by atoms with van der Waals surface area (Å²) in [6, 6.07) is 0. The van der Waals surface area contributed by atoms with Crippen molar-refractivity contribution in [2.45, 2.75) is 154 Å². The predicted octanol–water partition coefficient (Wildman–Crippen LogP) is 15.0. The smallest absolute Gasteiger partial charge is 0.00759 e. The Hall–Kier alpha value is -3.38. The zero-order chi connectivity index (χ0) is 37.7. The minimum Gasteiger partial charge on any atom is -0.0946 e. The van der Waals surface area contributed by atoms with Gasteiger partial charge in [0.15, 0.2) is 0 Å². The van der Waals surface area contributed by atoms with Crippen molar-refractivity contribution >= 4 is 11.1 Å². The molecule has 0 fully saturated rings. The molecule has 0 heterocycles. The number of fused-ring (bicyclic) bond motifs is 3. The highest BCUT2D eigenvalue weighted by atomic mass is 14.5. The van der Waals surface area contributed by atoms with Crippen molar-refractivity contribution in [1.29, 1.82) is 0 Å². The number of hydrogen-bond donors (Lipinski definition) is 0. The van der Waals surface area contributed by atoms with E-state index in [0.717, 1.165) is 12.8 Å². The van der Waals surface area contributed by atoms with Crippen LogP contribution in [0.2, 0.25) is 0 Å². The fourth-order valence-corrected chi connectivity index (χ4v) is 11.5. The summed E-state index contributed by atoms with van der Waals surface area (Å²) in [7, 11) is 0. The lowest BCUT2D eigenvalue weighted by molar-refractivity contribution is 0.575. The molecule has 4 atom stereocenters. The second-order valence-corrected chi connectivity index (χ2v) is 18.7. The molecule has 0 aromatic heterocycles. The van der Waals surface area contributed by atoms with Gasteiger partial charge >= 0.3 is 0 Å². The first kappa shape index (κ1) is 36.0. The zero-order valence-electron chi connectivity index (χ0n) is 35.2. The van der Waals surface area contributed by atoms with E-state index >= 15 is 0 Å². The first-order valence-corrected chi connectivity index (χ1v) is 19.9. The van der Waals surface area contributed by atoms with Crippen LogP contribution in [0.1, 0.15) is 182 Å². The maximum atomic E-state index is 4.83. The minimum absolute atomic E-state index is 0.0452. The Balaban J connectivity index is 1.39. The number of hydrogen-bond acceptors (Lipinski definition) is 0. The Kier molecular flexibility index (Phi) is 8.16. The fourth-order valence-electron chi connectivity index (χ4n) is 11.5. The second-order valence-electron chi connectivity index (χ2n) is 18.7. The van der Waals surface area contributed by atoms with Crippen molar-refractivity contribution in [3.63, 3.8) is 0 Å². The molecule has 6 aliphatic carbocycles. The minimum atomic E-state index is 0.0452. The van der Waals surface area contributed by atoms with Gasteiger partial charge in [-0.25, -0.2) is 0 Å². The third kappa shape index (κ3) is 4.56. The van der Waals surface area contributed by atoms with E-state index in [2.05, 4.69) is 118 Å². The molecule has 51 heavy (non-hydrogen) atoms. The highest BCUT2D eigenvalue weighted by Gasteiger charge is 2.46. The van der Waals surface area contributed by atoms with E-state index in [0.29, 0.717) is 29.6 Å². The lowest BCUT2D eigenvalue weighted by Crippen LogP contribution is -2.21. The van der Waals surface area contributed by atoms with Crippen molar-refractivity contribution in [2.24, 2.45) is 11.8 Å². The first-order valence-electron chi connectivity index (χ1n) is 19.9. The van der Waals surface area contributed by atoms with Gasteiger partial charge in [-0.3, -0.25) is 0 Å². The van der Waals surface area contributed by atoms with Crippen molar-refractivity contribution in [1.82, 2.24) is 0 Å². The third-order valence-corrected chi connectivity index (χ3v) is 14.9. The average Bonchev–Trinajstić information content (AvgIpc) is 3.79. The van der Waals surface area contributed by atoms with Gasteiger partial charge in [0.25, 0.3) is 0 Å². The molecule has 0 heteroatoms. The van der Waals surface area contributed by atoms with E-state index in [1.54, 1.807) is 50.1 Å².